The molecular formula is C26H19N3O5S. The molecule has 5 aromatic rings. The minimum Gasteiger partial charge on any atom is -0.416 e. The molecule has 35 heavy (non-hydrogen) atoms. The summed E-state index contributed by atoms with van der Waals surface area (Å²) in [6, 6.07) is 24.4. The van der Waals surface area contributed by atoms with E-state index in [1.807, 2.05) is 12.1 Å². The summed E-state index contributed by atoms with van der Waals surface area (Å²) in [4.78, 5) is 29.8. The summed E-state index contributed by atoms with van der Waals surface area (Å²) in [5.74, 6) is -0.620. The van der Waals surface area contributed by atoms with E-state index >= 15 is 0 Å². The van der Waals surface area contributed by atoms with Crippen LogP contribution in [0.1, 0.15) is 10.4 Å². The summed E-state index contributed by atoms with van der Waals surface area (Å²) in [5.41, 5.74) is 0.449. The summed E-state index contributed by atoms with van der Waals surface area (Å²) in [5, 5.41) is 2.47. The first kappa shape index (κ1) is 22.3. The number of nitrogens with zero attached hydrogens (tertiary/aromatic N) is 2. The molecule has 0 bridgehead atoms. The van der Waals surface area contributed by atoms with Gasteiger partial charge in [-0.15, -0.1) is 0 Å². The highest BCUT2D eigenvalue weighted by Gasteiger charge is 2.29. The highest BCUT2D eigenvalue weighted by Crippen LogP contribution is 2.33. The lowest BCUT2D eigenvalue weighted by Gasteiger charge is -2.12. The van der Waals surface area contributed by atoms with Gasteiger partial charge in [0.15, 0.2) is 11.6 Å². The number of aryl methyl sites for hydroxylation is 1. The minimum atomic E-state index is -4.15. The number of fused-ring (bicyclic) bond motifs is 1. The molecule has 1 N–H and O–H groups in total. The Labute approximate surface area is 200 Å². The molecule has 174 valence electrons. The van der Waals surface area contributed by atoms with Crippen LogP contribution in [0.5, 0.6) is 0 Å². The smallest absolute Gasteiger partial charge is 0.360 e. The number of nitrogens with one attached hydrogen (secondary N) is 1. The van der Waals surface area contributed by atoms with Crippen molar-refractivity contribution in [2.75, 3.05) is 5.32 Å². The molecule has 0 unspecified atom stereocenters. The van der Waals surface area contributed by atoms with Gasteiger partial charge < -0.3 is 14.3 Å². The third kappa shape index (κ3) is 4.02. The fraction of sp³-hybridized carbons (Fsp3) is 0.0385. The first-order valence-corrected chi connectivity index (χ1v) is 12.1. The molecule has 0 saturated heterocycles. The van der Waals surface area contributed by atoms with E-state index in [-0.39, 0.29) is 27.1 Å². The van der Waals surface area contributed by atoms with Crippen LogP contribution in [0.25, 0.3) is 22.6 Å². The molecule has 2 heterocycles. The second-order valence-electron chi connectivity index (χ2n) is 7.76. The van der Waals surface area contributed by atoms with Gasteiger partial charge in [0, 0.05) is 12.6 Å². The summed E-state index contributed by atoms with van der Waals surface area (Å²) in [7, 11) is -2.45. The number of anilines is 1. The van der Waals surface area contributed by atoms with Crippen molar-refractivity contribution < 1.29 is 17.6 Å². The largest absolute Gasteiger partial charge is 0.416 e. The molecule has 0 aliphatic rings. The quantitative estimate of drug-likeness (QED) is 0.398. The third-order valence-electron chi connectivity index (χ3n) is 5.53. The molecular weight excluding hydrogens is 466 g/mol. The molecule has 8 nitrogen and oxygen atoms in total. The predicted molar refractivity (Wildman–Crippen MR) is 131 cm³/mol. The van der Waals surface area contributed by atoms with Gasteiger partial charge in [-0.2, -0.15) is 0 Å². The molecule has 9 heteroatoms. The Morgan fingerprint density at radius 3 is 2.23 bits per heavy atom. The van der Waals surface area contributed by atoms with Crippen LogP contribution in [-0.4, -0.2) is 23.9 Å². The lowest BCUT2D eigenvalue weighted by molar-refractivity contribution is 0.102. The monoisotopic (exact) mass is 485 g/mol. The Morgan fingerprint density at radius 1 is 0.914 bits per heavy atom. The average Bonchev–Trinajstić information content (AvgIpc) is 3.22. The molecule has 3 aromatic carbocycles. The molecule has 1 amide bonds. The number of benzene rings is 3. The molecule has 0 saturated carbocycles. The number of carbonyl (C=O) groups excluding carboxylic acids is 1. The van der Waals surface area contributed by atoms with Crippen LogP contribution in [-0.2, 0) is 16.9 Å². The average molecular weight is 486 g/mol. The Bertz CT molecular complexity index is 1720. The van der Waals surface area contributed by atoms with E-state index in [1.165, 1.54) is 12.1 Å². The van der Waals surface area contributed by atoms with Gasteiger partial charge in [0.1, 0.15) is 10.6 Å². The zero-order valence-corrected chi connectivity index (χ0v) is 19.3. The number of amides is 1. The Hall–Kier alpha value is -4.50. The van der Waals surface area contributed by atoms with Crippen molar-refractivity contribution in [1.29, 1.82) is 0 Å². The number of aromatic nitrogens is 2. The summed E-state index contributed by atoms with van der Waals surface area (Å²) in [6.45, 7) is 0. The van der Waals surface area contributed by atoms with E-state index in [0.29, 0.717) is 11.1 Å². The number of hydrogen-bond acceptors (Lipinski definition) is 6. The van der Waals surface area contributed by atoms with E-state index in [0.717, 1.165) is 11.6 Å². The molecule has 5 rings (SSSR count). The van der Waals surface area contributed by atoms with Crippen LogP contribution in [0, 0.1) is 0 Å². The standard InChI is InChI=1S/C26H19N3O5S/c1-29-21-15-9-8-14-19(21)27-24(29)23-22(35(32,33)18-12-6-3-7-13-18)16-20(26(31)34-23)28-25(30)17-10-4-2-5-11-17/h2-16H,1H3,(H,28,30). The first-order valence-electron chi connectivity index (χ1n) is 10.6. The lowest BCUT2D eigenvalue weighted by Crippen LogP contribution is -2.19. The zero-order chi connectivity index (χ0) is 24.6. The molecule has 2 aromatic heterocycles. The Balaban J connectivity index is 1.72. The van der Waals surface area contributed by atoms with Crippen LogP contribution in [0.4, 0.5) is 5.69 Å². The highest BCUT2D eigenvalue weighted by molar-refractivity contribution is 7.91. The second kappa shape index (κ2) is 8.69. The van der Waals surface area contributed by atoms with Gasteiger partial charge in [0.2, 0.25) is 9.84 Å². The van der Waals surface area contributed by atoms with Crippen LogP contribution in [0.3, 0.4) is 0 Å². The first-order chi connectivity index (χ1) is 16.9. The van der Waals surface area contributed by atoms with Crippen molar-refractivity contribution in [3.63, 3.8) is 0 Å². The number of rotatable bonds is 5. The number of para-hydroxylation sites is 2. The molecule has 0 aliphatic heterocycles. The SMILES string of the molecule is Cn1c(-c2oc(=O)c(NC(=O)c3ccccc3)cc2S(=O)(=O)c2ccccc2)nc2ccccc21. The molecule has 0 spiro atoms. The van der Waals surface area contributed by atoms with E-state index in [1.54, 1.807) is 72.3 Å². The van der Waals surface area contributed by atoms with Gasteiger partial charge in [-0.05, 0) is 42.5 Å². The van der Waals surface area contributed by atoms with E-state index in [9.17, 15) is 18.0 Å². The van der Waals surface area contributed by atoms with Crippen LogP contribution >= 0.6 is 0 Å². The number of carbonyl (C=O) groups is 1. The number of hydrogen-bond donors (Lipinski definition) is 1. The van der Waals surface area contributed by atoms with Crippen molar-refractivity contribution >= 4 is 32.5 Å². The van der Waals surface area contributed by atoms with Crippen LogP contribution in [0.15, 0.2) is 110 Å². The van der Waals surface area contributed by atoms with E-state index in [2.05, 4.69) is 10.3 Å². The van der Waals surface area contributed by atoms with Gasteiger partial charge in [-0.25, -0.2) is 18.2 Å². The maximum Gasteiger partial charge on any atom is 0.360 e. The van der Waals surface area contributed by atoms with Gasteiger partial charge >= 0.3 is 5.63 Å². The van der Waals surface area contributed by atoms with Gasteiger partial charge in [-0.1, -0.05) is 48.5 Å². The summed E-state index contributed by atoms with van der Waals surface area (Å²) in [6.07, 6.45) is 0. The highest BCUT2D eigenvalue weighted by atomic mass is 32.2. The fourth-order valence-electron chi connectivity index (χ4n) is 3.76. The van der Waals surface area contributed by atoms with Crippen molar-refractivity contribution in [3.05, 3.63) is 107 Å². The van der Waals surface area contributed by atoms with E-state index < -0.39 is 21.4 Å². The normalized spacial score (nSPS) is 11.5. The number of sulfone groups is 1. The molecule has 0 atom stereocenters. The van der Waals surface area contributed by atoms with Crippen LogP contribution in [0.2, 0.25) is 0 Å². The topological polar surface area (TPSA) is 111 Å². The molecule has 0 aliphatic carbocycles. The van der Waals surface area contributed by atoms with Crippen molar-refractivity contribution in [1.82, 2.24) is 9.55 Å². The number of imidazole rings is 1. The van der Waals surface area contributed by atoms with Gasteiger partial charge in [0.05, 0.1) is 15.9 Å². The fourth-order valence-corrected chi connectivity index (χ4v) is 5.17. The Morgan fingerprint density at radius 2 is 1.54 bits per heavy atom. The van der Waals surface area contributed by atoms with Crippen LogP contribution < -0.4 is 10.9 Å². The minimum absolute atomic E-state index is 0.00852. The Kier molecular flexibility index (Phi) is 5.54. The summed E-state index contributed by atoms with van der Waals surface area (Å²) >= 11 is 0. The zero-order valence-electron chi connectivity index (χ0n) is 18.5. The molecule has 0 radical (unpaired) electrons. The summed E-state index contributed by atoms with van der Waals surface area (Å²) < 4.78 is 34.5. The van der Waals surface area contributed by atoms with Crippen molar-refractivity contribution in [2.24, 2.45) is 7.05 Å². The van der Waals surface area contributed by atoms with Crippen molar-refractivity contribution in [2.45, 2.75) is 9.79 Å². The predicted octanol–water partition coefficient (Wildman–Crippen LogP) is 4.28. The third-order valence-corrected chi connectivity index (χ3v) is 7.31. The lowest BCUT2D eigenvalue weighted by atomic mass is 10.2. The van der Waals surface area contributed by atoms with Crippen molar-refractivity contribution in [3.8, 4) is 11.6 Å². The van der Waals surface area contributed by atoms with Gasteiger partial charge in [-0.3, -0.25) is 4.79 Å². The second-order valence-corrected chi connectivity index (χ2v) is 9.68. The maximum absolute atomic E-state index is 13.7. The molecule has 0 fully saturated rings. The maximum atomic E-state index is 13.7. The van der Waals surface area contributed by atoms with E-state index in [4.69, 9.17) is 4.42 Å². The van der Waals surface area contributed by atoms with Gasteiger partial charge in [0.25, 0.3) is 5.91 Å².